The molecule has 2 atom stereocenters. The maximum Gasteiger partial charge on any atom is 0.242 e. The van der Waals surface area contributed by atoms with Crippen molar-refractivity contribution in [2.45, 2.75) is 64.0 Å². The summed E-state index contributed by atoms with van der Waals surface area (Å²) in [5, 5.41) is 3.38. The van der Waals surface area contributed by atoms with Crippen LogP contribution in [-0.2, 0) is 4.79 Å². The molecule has 0 aliphatic carbocycles. The van der Waals surface area contributed by atoms with Crippen LogP contribution in [0.3, 0.4) is 0 Å². The molecular weight excluding hydrogens is 200 g/mol. The summed E-state index contributed by atoms with van der Waals surface area (Å²) in [4.78, 5) is 14.7. The molecule has 2 unspecified atom stereocenters. The molecule has 0 spiro atoms. The minimum Gasteiger partial charge on any atom is -0.338 e. The van der Waals surface area contributed by atoms with Crippen molar-refractivity contribution in [1.82, 2.24) is 10.2 Å². The molecule has 0 saturated carbocycles. The Morgan fingerprint density at radius 3 is 2.81 bits per heavy atom. The van der Waals surface area contributed by atoms with Gasteiger partial charge in [-0.25, -0.2) is 0 Å². The molecule has 16 heavy (non-hydrogen) atoms. The zero-order valence-corrected chi connectivity index (χ0v) is 10.6. The summed E-state index contributed by atoms with van der Waals surface area (Å²) in [6.07, 6.45) is 7.01. The number of nitrogens with one attached hydrogen (secondary N) is 1. The fraction of sp³-hybridized carbons (Fsp3) is 0.923. The summed E-state index contributed by atoms with van der Waals surface area (Å²) >= 11 is 0. The highest BCUT2D eigenvalue weighted by atomic mass is 16.2. The smallest absolute Gasteiger partial charge is 0.242 e. The van der Waals surface area contributed by atoms with E-state index in [1.165, 1.54) is 25.7 Å². The average molecular weight is 224 g/mol. The lowest BCUT2D eigenvalue weighted by molar-refractivity contribution is -0.139. The Hall–Kier alpha value is -0.570. The molecule has 92 valence electrons. The molecule has 2 aliphatic rings. The van der Waals surface area contributed by atoms with E-state index in [1.807, 2.05) is 0 Å². The number of likely N-dealkylation sites (tertiary alicyclic amines) is 1. The van der Waals surface area contributed by atoms with E-state index in [9.17, 15) is 4.79 Å². The van der Waals surface area contributed by atoms with Crippen molar-refractivity contribution < 1.29 is 4.79 Å². The van der Waals surface area contributed by atoms with Crippen molar-refractivity contribution in [1.29, 1.82) is 0 Å². The van der Waals surface area contributed by atoms with Crippen LogP contribution in [-0.4, -0.2) is 35.5 Å². The predicted molar refractivity (Wildman–Crippen MR) is 65.3 cm³/mol. The number of hydrogen-bond acceptors (Lipinski definition) is 2. The first-order valence-electron chi connectivity index (χ1n) is 6.69. The van der Waals surface area contributed by atoms with Gasteiger partial charge in [0, 0.05) is 12.6 Å². The molecule has 2 heterocycles. The maximum atomic E-state index is 12.5. The zero-order chi connectivity index (χ0) is 11.6. The van der Waals surface area contributed by atoms with Gasteiger partial charge in [0.25, 0.3) is 0 Å². The van der Waals surface area contributed by atoms with Crippen molar-refractivity contribution in [2.24, 2.45) is 0 Å². The van der Waals surface area contributed by atoms with Crippen LogP contribution in [0.2, 0.25) is 0 Å². The Balaban J connectivity index is 2.06. The predicted octanol–water partition coefficient (Wildman–Crippen LogP) is 1.92. The summed E-state index contributed by atoms with van der Waals surface area (Å²) in [5.74, 6) is 0.333. The van der Waals surface area contributed by atoms with E-state index in [0.29, 0.717) is 11.9 Å². The van der Waals surface area contributed by atoms with Crippen LogP contribution in [0.25, 0.3) is 0 Å². The topological polar surface area (TPSA) is 32.3 Å². The van der Waals surface area contributed by atoms with Crippen molar-refractivity contribution in [3.05, 3.63) is 0 Å². The van der Waals surface area contributed by atoms with Gasteiger partial charge < -0.3 is 10.2 Å². The standard InChI is InChI=1S/C13H24N2O/c1-11-7-4-3-5-10-15(11)12(16)13(2)8-6-9-14-13/h11,14H,3-10H2,1-2H3. The normalized spacial score (nSPS) is 36.1. The molecule has 0 radical (unpaired) electrons. The molecule has 2 fully saturated rings. The summed E-state index contributed by atoms with van der Waals surface area (Å²) in [6, 6.07) is 0.425. The second-order valence-corrected chi connectivity index (χ2v) is 5.56. The molecule has 0 aromatic rings. The lowest BCUT2D eigenvalue weighted by Crippen LogP contribution is -2.55. The van der Waals surface area contributed by atoms with Gasteiger partial charge in [-0.1, -0.05) is 12.8 Å². The molecule has 2 saturated heterocycles. The van der Waals surface area contributed by atoms with Gasteiger partial charge in [0.15, 0.2) is 0 Å². The number of carbonyl (C=O) groups excluding carboxylic acids is 1. The number of rotatable bonds is 1. The van der Waals surface area contributed by atoms with Gasteiger partial charge in [0.1, 0.15) is 0 Å². The molecule has 0 aromatic heterocycles. The largest absolute Gasteiger partial charge is 0.338 e. The number of amides is 1. The fourth-order valence-electron chi connectivity index (χ4n) is 2.97. The van der Waals surface area contributed by atoms with E-state index in [1.54, 1.807) is 0 Å². The molecule has 1 N–H and O–H groups in total. The highest BCUT2D eigenvalue weighted by molar-refractivity contribution is 5.86. The van der Waals surface area contributed by atoms with Crippen LogP contribution in [0.5, 0.6) is 0 Å². The summed E-state index contributed by atoms with van der Waals surface area (Å²) in [6.45, 7) is 6.21. The van der Waals surface area contributed by atoms with E-state index >= 15 is 0 Å². The molecule has 0 aromatic carbocycles. The summed E-state index contributed by atoms with van der Waals surface area (Å²) < 4.78 is 0. The first-order valence-corrected chi connectivity index (χ1v) is 6.69. The number of hydrogen-bond donors (Lipinski definition) is 1. The second kappa shape index (κ2) is 4.74. The fourth-order valence-corrected chi connectivity index (χ4v) is 2.97. The van der Waals surface area contributed by atoms with E-state index in [4.69, 9.17) is 0 Å². The van der Waals surface area contributed by atoms with E-state index in [-0.39, 0.29) is 5.54 Å². The second-order valence-electron chi connectivity index (χ2n) is 5.56. The lowest BCUT2D eigenvalue weighted by atomic mass is 9.97. The molecule has 2 rings (SSSR count). The molecule has 2 aliphatic heterocycles. The Bertz CT molecular complexity index is 259. The van der Waals surface area contributed by atoms with Gasteiger partial charge in [-0.15, -0.1) is 0 Å². The monoisotopic (exact) mass is 224 g/mol. The van der Waals surface area contributed by atoms with Gasteiger partial charge in [0.2, 0.25) is 5.91 Å². The average Bonchev–Trinajstić information content (AvgIpc) is 2.59. The maximum absolute atomic E-state index is 12.5. The van der Waals surface area contributed by atoms with E-state index < -0.39 is 0 Å². The van der Waals surface area contributed by atoms with Crippen LogP contribution >= 0.6 is 0 Å². The number of nitrogens with zero attached hydrogens (tertiary/aromatic N) is 1. The molecular formula is C13H24N2O. The van der Waals surface area contributed by atoms with Crippen molar-refractivity contribution in [3.63, 3.8) is 0 Å². The van der Waals surface area contributed by atoms with E-state index in [2.05, 4.69) is 24.1 Å². The number of carbonyl (C=O) groups is 1. The van der Waals surface area contributed by atoms with Crippen LogP contribution in [0.4, 0.5) is 0 Å². The van der Waals surface area contributed by atoms with Gasteiger partial charge >= 0.3 is 0 Å². The van der Waals surface area contributed by atoms with Crippen molar-refractivity contribution >= 4 is 5.91 Å². The highest BCUT2D eigenvalue weighted by Crippen LogP contribution is 2.25. The third kappa shape index (κ3) is 2.24. The Kier molecular flexibility index (Phi) is 3.53. The highest BCUT2D eigenvalue weighted by Gasteiger charge is 2.40. The van der Waals surface area contributed by atoms with E-state index in [0.717, 1.165) is 25.9 Å². The van der Waals surface area contributed by atoms with Gasteiger partial charge in [-0.3, -0.25) is 4.79 Å². The van der Waals surface area contributed by atoms with Gasteiger partial charge in [-0.2, -0.15) is 0 Å². The molecule has 3 heteroatoms. The Morgan fingerprint density at radius 2 is 2.12 bits per heavy atom. The Labute approximate surface area is 98.6 Å². The van der Waals surface area contributed by atoms with Crippen LogP contribution in [0.1, 0.15) is 52.4 Å². The van der Waals surface area contributed by atoms with Crippen LogP contribution < -0.4 is 5.32 Å². The molecule has 3 nitrogen and oxygen atoms in total. The van der Waals surface area contributed by atoms with Crippen LogP contribution in [0, 0.1) is 0 Å². The summed E-state index contributed by atoms with van der Waals surface area (Å²) in [5.41, 5.74) is -0.279. The zero-order valence-electron chi connectivity index (χ0n) is 10.6. The van der Waals surface area contributed by atoms with Gasteiger partial charge in [0.05, 0.1) is 5.54 Å². The van der Waals surface area contributed by atoms with Crippen LogP contribution in [0.15, 0.2) is 0 Å². The molecule has 0 bridgehead atoms. The first-order chi connectivity index (χ1) is 7.63. The third-order valence-corrected chi connectivity index (χ3v) is 4.15. The minimum atomic E-state index is -0.279. The van der Waals surface area contributed by atoms with Crippen molar-refractivity contribution in [2.75, 3.05) is 13.1 Å². The molecule has 1 amide bonds. The van der Waals surface area contributed by atoms with Gasteiger partial charge in [-0.05, 0) is 46.1 Å². The Morgan fingerprint density at radius 1 is 1.31 bits per heavy atom. The first kappa shape index (κ1) is 11.9. The summed E-state index contributed by atoms with van der Waals surface area (Å²) in [7, 11) is 0. The lowest BCUT2D eigenvalue weighted by Gasteiger charge is -2.35. The minimum absolute atomic E-state index is 0.279. The SMILES string of the molecule is CC1CCCCCN1C(=O)C1(C)CCCN1. The van der Waals surface area contributed by atoms with Crippen molar-refractivity contribution in [3.8, 4) is 0 Å². The third-order valence-electron chi connectivity index (χ3n) is 4.15. The quantitative estimate of drug-likeness (QED) is 0.738.